The van der Waals surface area contributed by atoms with Gasteiger partial charge in [0.25, 0.3) is 0 Å². The van der Waals surface area contributed by atoms with Crippen LogP contribution in [0.4, 0.5) is 5.82 Å². The Morgan fingerprint density at radius 2 is 2.15 bits per heavy atom. The Morgan fingerprint density at radius 1 is 1.31 bits per heavy atom. The molecule has 7 heteroatoms. The number of hydrogen-bond acceptors (Lipinski definition) is 5. The zero-order valence-corrected chi connectivity index (χ0v) is 15.1. The molecule has 1 saturated heterocycles. The third kappa shape index (κ3) is 3.06. The molecule has 7 nitrogen and oxygen atoms in total. The largest absolute Gasteiger partial charge is 0.372 e. The van der Waals surface area contributed by atoms with Crippen LogP contribution in [0.25, 0.3) is 16.7 Å². The molecule has 1 aliphatic heterocycles. The van der Waals surface area contributed by atoms with Gasteiger partial charge in [-0.15, -0.1) is 0 Å². The van der Waals surface area contributed by atoms with Crippen molar-refractivity contribution in [3.8, 4) is 5.82 Å². The molecule has 0 bridgehead atoms. The minimum absolute atomic E-state index is 0.0492. The van der Waals surface area contributed by atoms with E-state index in [2.05, 4.69) is 21.5 Å². The van der Waals surface area contributed by atoms with Crippen LogP contribution in [0.1, 0.15) is 42.8 Å². The first kappa shape index (κ1) is 16.7. The van der Waals surface area contributed by atoms with E-state index >= 15 is 0 Å². The molecule has 3 aromatic rings. The molecule has 1 unspecified atom stereocenters. The molecule has 4 heterocycles. The summed E-state index contributed by atoms with van der Waals surface area (Å²) in [6.45, 7) is 6.23. The Hall–Kier alpha value is -2.80. The summed E-state index contributed by atoms with van der Waals surface area (Å²) in [7, 11) is 0. The van der Waals surface area contributed by atoms with E-state index in [4.69, 9.17) is 9.72 Å². The highest BCUT2D eigenvalue weighted by Gasteiger charge is 2.21. The van der Waals surface area contributed by atoms with E-state index < -0.39 is 0 Å². The highest BCUT2D eigenvalue weighted by molar-refractivity contribution is 5.91. The lowest BCUT2D eigenvalue weighted by Gasteiger charge is -2.12. The predicted molar refractivity (Wildman–Crippen MR) is 98.4 cm³/mol. The first-order valence-electron chi connectivity index (χ1n) is 8.75. The van der Waals surface area contributed by atoms with Gasteiger partial charge in [-0.2, -0.15) is 5.10 Å². The van der Waals surface area contributed by atoms with Gasteiger partial charge < -0.3 is 10.1 Å². The number of amides is 1. The maximum atomic E-state index is 11.3. The van der Waals surface area contributed by atoms with Crippen molar-refractivity contribution in [3.63, 3.8) is 0 Å². The fourth-order valence-corrected chi connectivity index (χ4v) is 3.34. The zero-order valence-electron chi connectivity index (χ0n) is 15.1. The number of carbonyl (C=O) groups is 1. The monoisotopic (exact) mass is 351 g/mol. The Labute approximate surface area is 151 Å². The predicted octanol–water partition coefficient (Wildman–Crippen LogP) is 3.24. The Bertz CT molecular complexity index is 989. The number of aromatic nitrogens is 4. The van der Waals surface area contributed by atoms with Gasteiger partial charge >= 0.3 is 0 Å². The molecule has 134 valence electrons. The number of carbonyl (C=O) groups excluding carboxylic acids is 1. The molecule has 3 aromatic heterocycles. The van der Waals surface area contributed by atoms with Crippen LogP contribution >= 0.6 is 0 Å². The average molecular weight is 351 g/mol. The van der Waals surface area contributed by atoms with Crippen LogP contribution in [0.3, 0.4) is 0 Å². The van der Waals surface area contributed by atoms with Crippen LogP contribution in [-0.4, -0.2) is 32.3 Å². The van der Waals surface area contributed by atoms with Gasteiger partial charge in [-0.25, -0.2) is 14.6 Å². The summed E-state index contributed by atoms with van der Waals surface area (Å²) in [6, 6.07) is 5.90. The Kier molecular flexibility index (Phi) is 4.16. The van der Waals surface area contributed by atoms with Crippen molar-refractivity contribution in [3.05, 3.63) is 41.3 Å². The first-order valence-corrected chi connectivity index (χ1v) is 8.75. The smallest absolute Gasteiger partial charge is 0.222 e. The van der Waals surface area contributed by atoms with Crippen molar-refractivity contribution in [2.24, 2.45) is 0 Å². The van der Waals surface area contributed by atoms with Crippen molar-refractivity contribution in [1.29, 1.82) is 0 Å². The molecule has 0 radical (unpaired) electrons. The normalized spacial score (nSPS) is 17.0. The van der Waals surface area contributed by atoms with Crippen LogP contribution in [0.15, 0.2) is 24.4 Å². The number of rotatable bonds is 3. The van der Waals surface area contributed by atoms with E-state index in [9.17, 15) is 4.79 Å². The molecule has 1 amide bonds. The summed E-state index contributed by atoms with van der Waals surface area (Å²) in [6.07, 6.45) is 3.83. The zero-order chi connectivity index (χ0) is 18.3. The second-order valence-electron chi connectivity index (χ2n) is 6.69. The van der Waals surface area contributed by atoms with E-state index in [-0.39, 0.29) is 12.0 Å². The lowest BCUT2D eigenvalue weighted by Crippen LogP contribution is -2.08. The van der Waals surface area contributed by atoms with Gasteiger partial charge in [-0.1, -0.05) is 0 Å². The van der Waals surface area contributed by atoms with E-state index in [0.29, 0.717) is 5.82 Å². The maximum Gasteiger partial charge on any atom is 0.222 e. The lowest BCUT2D eigenvalue weighted by atomic mass is 10.1. The van der Waals surface area contributed by atoms with E-state index in [0.717, 1.165) is 53.1 Å². The van der Waals surface area contributed by atoms with Crippen LogP contribution in [0.2, 0.25) is 0 Å². The van der Waals surface area contributed by atoms with Gasteiger partial charge in [0, 0.05) is 31.2 Å². The SMILES string of the molecule is CC(=O)Nc1cc2c(cn1)c(C)nn2-c1cc(C)cc(C2CCCO2)n1. The molecule has 0 spiro atoms. The summed E-state index contributed by atoms with van der Waals surface area (Å²) in [5.74, 6) is 1.08. The van der Waals surface area contributed by atoms with Crippen molar-refractivity contribution < 1.29 is 9.53 Å². The van der Waals surface area contributed by atoms with Crippen LogP contribution in [0, 0.1) is 13.8 Å². The summed E-state index contributed by atoms with van der Waals surface area (Å²) < 4.78 is 7.60. The summed E-state index contributed by atoms with van der Waals surface area (Å²) in [5, 5.41) is 8.30. The molecule has 1 N–H and O–H groups in total. The van der Waals surface area contributed by atoms with E-state index in [1.165, 1.54) is 6.92 Å². The number of pyridine rings is 2. The maximum absolute atomic E-state index is 11.3. The first-order chi connectivity index (χ1) is 12.5. The third-order valence-electron chi connectivity index (χ3n) is 4.51. The Balaban J connectivity index is 1.84. The number of anilines is 1. The van der Waals surface area contributed by atoms with Crippen molar-refractivity contribution in [2.75, 3.05) is 11.9 Å². The summed E-state index contributed by atoms with van der Waals surface area (Å²) in [5.41, 5.74) is 3.77. The number of aryl methyl sites for hydroxylation is 2. The molecule has 26 heavy (non-hydrogen) atoms. The second-order valence-corrected chi connectivity index (χ2v) is 6.69. The Morgan fingerprint density at radius 3 is 2.88 bits per heavy atom. The number of nitrogens with one attached hydrogen (secondary N) is 1. The molecule has 0 saturated carbocycles. The van der Waals surface area contributed by atoms with Gasteiger partial charge in [-0.05, 0) is 44.4 Å². The molecular weight excluding hydrogens is 330 g/mol. The minimum Gasteiger partial charge on any atom is -0.372 e. The fourth-order valence-electron chi connectivity index (χ4n) is 3.34. The molecular formula is C19H21N5O2. The van der Waals surface area contributed by atoms with E-state index in [1.807, 2.05) is 30.7 Å². The highest BCUT2D eigenvalue weighted by atomic mass is 16.5. The lowest BCUT2D eigenvalue weighted by molar-refractivity contribution is -0.114. The number of nitrogens with zero attached hydrogens (tertiary/aromatic N) is 4. The minimum atomic E-state index is -0.158. The quantitative estimate of drug-likeness (QED) is 0.783. The van der Waals surface area contributed by atoms with Crippen LogP contribution in [-0.2, 0) is 9.53 Å². The van der Waals surface area contributed by atoms with Crippen molar-refractivity contribution in [2.45, 2.75) is 39.7 Å². The molecule has 1 fully saturated rings. The van der Waals surface area contributed by atoms with Gasteiger partial charge in [0.2, 0.25) is 5.91 Å². The topological polar surface area (TPSA) is 81.9 Å². The van der Waals surface area contributed by atoms with Gasteiger partial charge in [-0.3, -0.25) is 4.79 Å². The summed E-state index contributed by atoms with van der Waals surface area (Å²) >= 11 is 0. The average Bonchev–Trinajstić information content (AvgIpc) is 3.22. The van der Waals surface area contributed by atoms with E-state index in [1.54, 1.807) is 6.20 Å². The van der Waals surface area contributed by atoms with Gasteiger partial charge in [0.05, 0.1) is 23.0 Å². The number of ether oxygens (including phenoxy) is 1. The molecule has 0 aromatic carbocycles. The standard InChI is InChI=1S/C19H21N5O2/c1-11-7-15(17-5-4-6-26-17)22-19(8-11)24-16-9-18(21-13(3)25)20-10-14(16)12(2)23-24/h7-10,17H,4-6H2,1-3H3,(H,20,21,25). The number of hydrogen-bond donors (Lipinski definition) is 1. The highest BCUT2D eigenvalue weighted by Crippen LogP contribution is 2.29. The van der Waals surface area contributed by atoms with Crippen molar-refractivity contribution in [1.82, 2.24) is 19.7 Å². The molecule has 4 rings (SSSR count). The molecule has 1 atom stereocenters. The van der Waals surface area contributed by atoms with Gasteiger partial charge in [0.1, 0.15) is 5.82 Å². The van der Waals surface area contributed by atoms with Crippen molar-refractivity contribution >= 4 is 22.6 Å². The van der Waals surface area contributed by atoms with Crippen LogP contribution < -0.4 is 5.32 Å². The second kappa shape index (κ2) is 6.49. The van der Waals surface area contributed by atoms with Crippen LogP contribution in [0.5, 0.6) is 0 Å². The summed E-state index contributed by atoms with van der Waals surface area (Å²) in [4.78, 5) is 20.4. The van der Waals surface area contributed by atoms with Gasteiger partial charge in [0.15, 0.2) is 5.82 Å². The fraction of sp³-hybridized carbons (Fsp3) is 0.368. The molecule has 0 aliphatic carbocycles. The third-order valence-corrected chi connectivity index (χ3v) is 4.51. The number of fused-ring (bicyclic) bond motifs is 1. The molecule has 1 aliphatic rings.